The first-order valence-corrected chi connectivity index (χ1v) is 12.9. The number of benzene rings is 3. The van der Waals surface area contributed by atoms with Crippen molar-refractivity contribution in [3.05, 3.63) is 87.4 Å². The number of halogens is 2. The Kier molecular flexibility index (Phi) is 6.77. The summed E-state index contributed by atoms with van der Waals surface area (Å²) in [6, 6.07) is 19.6. The number of hydrogen-bond donors (Lipinski definition) is 1. The average molecular weight is 495 g/mol. The van der Waals surface area contributed by atoms with E-state index in [1.54, 1.807) is 23.9 Å². The third-order valence-electron chi connectivity index (χ3n) is 6.29. The summed E-state index contributed by atoms with van der Waals surface area (Å²) in [5.74, 6) is 0.320. The first kappa shape index (κ1) is 22.5. The molecule has 5 rings (SSSR count). The Morgan fingerprint density at radius 3 is 2.61 bits per heavy atom. The summed E-state index contributed by atoms with van der Waals surface area (Å²) >= 11 is 14.0. The van der Waals surface area contributed by atoms with Gasteiger partial charge in [-0.25, -0.2) is 0 Å². The summed E-state index contributed by atoms with van der Waals surface area (Å²) in [5.41, 5.74) is 4.69. The van der Waals surface area contributed by atoms with Gasteiger partial charge in [-0.3, -0.25) is 9.79 Å². The number of amides is 1. The predicted molar refractivity (Wildman–Crippen MR) is 137 cm³/mol. The van der Waals surface area contributed by atoms with Crippen LogP contribution in [0.3, 0.4) is 0 Å². The maximum absolute atomic E-state index is 12.9. The summed E-state index contributed by atoms with van der Waals surface area (Å²) in [6.07, 6.45) is 6.16. The van der Waals surface area contributed by atoms with Crippen LogP contribution in [-0.4, -0.2) is 11.6 Å². The normalized spacial score (nSPS) is 15.8. The molecule has 33 heavy (non-hydrogen) atoms. The van der Waals surface area contributed by atoms with E-state index in [2.05, 4.69) is 29.6 Å². The fourth-order valence-corrected chi connectivity index (χ4v) is 6.02. The minimum Gasteiger partial charge on any atom is -0.348 e. The van der Waals surface area contributed by atoms with Crippen LogP contribution < -0.4 is 5.32 Å². The summed E-state index contributed by atoms with van der Waals surface area (Å²) < 4.78 is 0. The number of nitrogens with one attached hydrogen (secondary N) is 1. The molecule has 0 bridgehead atoms. The van der Waals surface area contributed by atoms with Crippen LogP contribution in [-0.2, 0) is 6.54 Å². The molecule has 1 saturated carbocycles. The Labute approximate surface area is 208 Å². The van der Waals surface area contributed by atoms with E-state index >= 15 is 0 Å². The fraction of sp³-hybridized carbons (Fsp3) is 0.259. The highest BCUT2D eigenvalue weighted by Gasteiger charge is 2.26. The van der Waals surface area contributed by atoms with Crippen molar-refractivity contribution in [3.63, 3.8) is 0 Å². The number of rotatable bonds is 4. The second kappa shape index (κ2) is 9.92. The SMILES string of the molecule is O=C(NCc1ccc(Cl)cc1Cl)c1ccc2c(c1)N=C(C1CCCCC1)c1ccccc1S2. The highest BCUT2D eigenvalue weighted by atomic mass is 35.5. The minimum atomic E-state index is -0.148. The summed E-state index contributed by atoms with van der Waals surface area (Å²) in [5, 5.41) is 4.09. The molecule has 0 unspecified atom stereocenters. The maximum Gasteiger partial charge on any atom is 0.251 e. The van der Waals surface area contributed by atoms with Crippen LogP contribution in [0.5, 0.6) is 0 Å². The topological polar surface area (TPSA) is 41.5 Å². The van der Waals surface area contributed by atoms with Crippen molar-refractivity contribution in [3.8, 4) is 0 Å². The zero-order chi connectivity index (χ0) is 22.8. The molecule has 1 amide bonds. The maximum atomic E-state index is 12.9. The molecule has 0 spiro atoms. The Morgan fingerprint density at radius 1 is 0.970 bits per heavy atom. The van der Waals surface area contributed by atoms with Crippen LogP contribution in [0.25, 0.3) is 0 Å². The van der Waals surface area contributed by atoms with Gasteiger partial charge in [0.25, 0.3) is 5.91 Å². The van der Waals surface area contributed by atoms with E-state index in [0.29, 0.717) is 28.1 Å². The lowest BCUT2D eigenvalue weighted by Gasteiger charge is -2.24. The molecule has 3 aromatic rings. The molecule has 2 aliphatic rings. The molecule has 1 fully saturated rings. The van der Waals surface area contributed by atoms with E-state index in [1.807, 2.05) is 24.3 Å². The number of carbonyl (C=O) groups excluding carboxylic acids is 1. The number of aliphatic imine (C=N–C) groups is 1. The Bertz CT molecular complexity index is 1230. The van der Waals surface area contributed by atoms with Crippen LogP contribution in [0.15, 0.2) is 75.4 Å². The molecule has 1 heterocycles. The summed E-state index contributed by atoms with van der Waals surface area (Å²) in [7, 11) is 0. The Hall–Kier alpha value is -2.27. The lowest BCUT2D eigenvalue weighted by Crippen LogP contribution is -2.23. The molecule has 0 aromatic heterocycles. The molecule has 1 aliphatic carbocycles. The third kappa shape index (κ3) is 4.98. The fourth-order valence-electron chi connectivity index (χ4n) is 4.54. The molecule has 168 valence electrons. The highest BCUT2D eigenvalue weighted by Crippen LogP contribution is 2.43. The van der Waals surface area contributed by atoms with Crippen molar-refractivity contribution in [1.82, 2.24) is 5.32 Å². The van der Waals surface area contributed by atoms with Gasteiger partial charge >= 0.3 is 0 Å². The predicted octanol–water partition coefficient (Wildman–Crippen LogP) is 8.09. The van der Waals surface area contributed by atoms with Gasteiger partial charge in [-0.15, -0.1) is 0 Å². The lowest BCUT2D eigenvalue weighted by molar-refractivity contribution is 0.0951. The van der Waals surface area contributed by atoms with Gasteiger partial charge in [0.15, 0.2) is 0 Å². The van der Waals surface area contributed by atoms with Crippen molar-refractivity contribution in [1.29, 1.82) is 0 Å². The van der Waals surface area contributed by atoms with E-state index in [1.165, 1.54) is 48.3 Å². The molecule has 1 aliphatic heterocycles. The summed E-state index contributed by atoms with van der Waals surface area (Å²) in [4.78, 5) is 20.4. The van der Waals surface area contributed by atoms with Crippen molar-refractivity contribution in [2.45, 2.75) is 48.4 Å². The Balaban J connectivity index is 1.44. The van der Waals surface area contributed by atoms with Gasteiger partial charge in [0.1, 0.15) is 0 Å². The van der Waals surface area contributed by atoms with Crippen LogP contribution in [0.2, 0.25) is 10.0 Å². The van der Waals surface area contributed by atoms with Crippen LogP contribution in [0.4, 0.5) is 5.69 Å². The van der Waals surface area contributed by atoms with Gasteiger partial charge in [-0.2, -0.15) is 0 Å². The summed E-state index contributed by atoms with van der Waals surface area (Å²) in [6.45, 7) is 0.336. The van der Waals surface area contributed by atoms with Gasteiger partial charge in [0.2, 0.25) is 0 Å². The molecular weight excluding hydrogens is 471 g/mol. The van der Waals surface area contributed by atoms with Crippen molar-refractivity contribution < 1.29 is 4.79 Å². The van der Waals surface area contributed by atoms with Crippen LogP contribution in [0, 0.1) is 5.92 Å². The van der Waals surface area contributed by atoms with Gasteiger partial charge in [-0.05, 0) is 54.8 Å². The van der Waals surface area contributed by atoms with Crippen molar-refractivity contribution >= 4 is 52.3 Å². The van der Waals surface area contributed by atoms with Gasteiger partial charge in [0, 0.05) is 43.4 Å². The van der Waals surface area contributed by atoms with Crippen LogP contribution in [0.1, 0.15) is 53.6 Å². The molecule has 0 radical (unpaired) electrons. The third-order valence-corrected chi connectivity index (χ3v) is 8.02. The standard InChI is InChI=1S/C27H24Cl2N2OS/c28-20-12-10-19(22(29)15-20)16-30-27(32)18-11-13-25-23(14-18)31-26(17-6-2-1-3-7-17)21-8-4-5-9-24(21)33-25/h4-5,8-15,17H,1-3,6-7,16H2,(H,30,32). The van der Waals surface area contributed by atoms with Crippen molar-refractivity contribution in [2.24, 2.45) is 10.9 Å². The quantitative estimate of drug-likeness (QED) is 0.397. The molecular formula is C27H24Cl2N2OS. The van der Waals surface area contributed by atoms with Crippen molar-refractivity contribution in [2.75, 3.05) is 0 Å². The first-order valence-electron chi connectivity index (χ1n) is 11.3. The monoisotopic (exact) mass is 494 g/mol. The first-order chi connectivity index (χ1) is 16.1. The largest absolute Gasteiger partial charge is 0.348 e. The van der Waals surface area contributed by atoms with E-state index in [-0.39, 0.29) is 5.91 Å². The zero-order valence-electron chi connectivity index (χ0n) is 18.1. The van der Waals surface area contributed by atoms with E-state index in [4.69, 9.17) is 28.2 Å². The second-order valence-corrected chi connectivity index (χ2v) is 10.5. The average Bonchev–Trinajstić information content (AvgIpc) is 3.00. The smallest absolute Gasteiger partial charge is 0.251 e. The zero-order valence-corrected chi connectivity index (χ0v) is 20.4. The number of nitrogens with zero attached hydrogens (tertiary/aromatic N) is 1. The van der Waals surface area contributed by atoms with Gasteiger partial charge < -0.3 is 5.32 Å². The van der Waals surface area contributed by atoms with E-state index in [0.717, 1.165) is 16.1 Å². The van der Waals surface area contributed by atoms with Gasteiger partial charge in [0.05, 0.1) is 11.4 Å². The Morgan fingerprint density at radius 2 is 1.79 bits per heavy atom. The minimum absolute atomic E-state index is 0.148. The molecule has 0 atom stereocenters. The highest BCUT2D eigenvalue weighted by molar-refractivity contribution is 7.99. The molecule has 6 heteroatoms. The van der Waals surface area contributed by atoms with E-state index < -0.39 is 0 Å². The second-order valence-electron chi connectivity index (χ2n) is 8.53. The number of fused-ring (bicyclic) bond motifs is 2. The molecule has 0 saturated heterocycles. The molecule has 1 N–H and O–H groups in total. The van der Waals surface area contributed by atoms with E-state index in [9.17, 15) is 4.79 Å². The number of carbonyl (C=O) groups is 1. The number of hydrogen-bond acceptors (Lipinski definition) is 3. The van der Waals surface area contributed by atoms with Gasteiger partial charge in [-0.1, -0.05) is 78.5 Å². The lowest BCUT2D eigenvalue weighted by atomic mass is 9.83. The van der Waals surface area contributed by atoms with Crippen LogP contribution >= 0.6 is 35.0 Å². The molecule has 3 nitrogen and oxygen atoms in total. The molecule has 3 aromatic carbocycles.